The van der Waals surface area contributed by atoms with Crippen LogP contribution in [0.2, 0.25) is 0 Å². The third kappa shape index (κ3) is 2.82. The first-order valence-electron chi connectivity index (χ1n) is 7.68. The van der Waals surface area contributed by atoms with Gasteiger partial charge in [-0.3, -0.25) is 9.69 Å². The number of carbonyl (C=O) groups excluding carboxylic acids is 1. The Labute approximate surface area is 120 Å². The Hall–Kier alpha value is -1.49. The summed E-state index contributed by atoms with van der Waals surface area (Å²) < 4.78 is 1.96. The van der Waals surface area contributed by atoms with Crippen LogP contribution in [0.5, 0.6) is 0 Å². The highest BCUT2D eigenvalue weighted by atomic mass is 16.2. The van der Waals surface area contributed by atoms with Gasteiger partial charge in [-0.25, -0.2) is 0 Å². The molecule has 1 unspecified atom stereocenters. The molecule has 1 saturated carbocycles. The fourth-order valence-electron chi connectivity index (χ4n) is 3.09. The van der Waals surface area contributed by atoms with Gasteiger partial charge < -0.3 is 15.6 Å². The molecule has 20 heavy (non-hydrogen) atoms. The van der Waals surface area contributed by atoms with E-state index in [-0.39, 0.29) is 11.9 Å². The zero-order chi connectivity index (χ0) is 14.1. The van der Waals surface area contributed by atoms with Crippen molar-refractivity contribution in [2.24, 2.45) is 0 Å². The molecule has 1 amide bonds. The summed E-state index contributed by atoms with van der Waals surface area (Å²) in [4.78, 5) is 14.9. The average molecular weight is 276 g/mol. The molecule has 5 heteroatoms. The van der Waals surface area contributed by atoms with Gasteiger partial charge in [0, 0.05) is 37.9 Å². The zero-order valence-electron chi connectivity index (χ0n) is 12.1. The molecular weight excluding hydrogens is 252 g/mol. The van der Waals surface area contributed by atoms with Gasteiger partial charge in [-0.05, 0) is 31.7 Å². The van der Waals surface area contributed by atoms with Crippen LogP contribution in [0.15, 0.2) is 12.3 Å². The third-order valence-corrected chi connectivity index (χ3v) is 4.23. The number of carbonyl (C=O) groups is 1. The number of rotatable bonds is 5. The second kappa shape index (κ2) is 5.48. The molecule has 110 valence electrons. The maximum atomic E-state index is 12.4. The summed E-state index contributed by atoms with van der Waals surface area (Å²) in [6, 6.07) is 2.85. The number of hydrogen-bond donors (Lipinski definition) is 2. The van der Waals surface area contributed by atoms with Crippen LogP contribution in [0.4, 0.5) is 5.69 Å². The largest absolute Gasteiger partial charge is 0.397 e. The monoisotopic (exact) mass is 276 g/mol. The fraction of sp³-hybridized carbons (Fsp3) is 0.667. The fourth-order valence-corrected chi connectivity index (χ4v) is 3.09. The lowest BCUT2D eigenvalue weighted by Gasteiger charge is -2.16. The Balaban J connectivity index is 1.61. The molecule has 2 fully saturated rings. The second-order valence-electron chi connectivity index (χ2n) is 6.04. The molecule has 1 aromatic rings. The van der Waals surface area contributed by atoms with E-state index in [2.05, 4.69) is 17.1 Å². The molecular formula is C15H24N4O. The van der Waals surface area contributed by atoms with Crippen molar-refractivity contribution >= 4 is 11.6 Å². The van der Waals surface area contributed by atoms with E-state index < -0.39 is 0 Å². The lowest BCUT2D eigenvalue weighted by molar-refractivity contribution is 0.0928. The average Bonchev–Trinajstić information content (AvgIpc) is 3.05. The lowest BCUT2D eigenvalue weighted by atomic mass is 10.2. The smallest absolute Gasteiger partial charge is 0.268 e. The van der Waals surface area contributed by atoms with Crippen molar-refractivity contribution in [1.29, 1.82) is 0 Å². The van der Waals surface area contributed by atoms with Gasteiger partial charge in [-0.15, -0.1) is 0 Å². The van der Waals surface area contributed by atoms with E-state index in [4.69, 9.17) is 5.73 Å². The molecule has 0 aromatic carbocycles. The predicted molar refractivity (Wildman–Crippen MR) is 79.6 cm³/mol. The number of likely N-dealkylation sites (tertiary alicyclic amines) is 1. The molecule has 1 aliphatic carbocycles. The Bertz CT molecular complexity index is 492. The number of aryl methyl sites for hydroxylation is 1. The molecule has 5 nitrogen and oxygen atoms in total. The van der Waals surface area contributed by atoms with Crippen LogP contribution in [-0.2, 0) is 6.54 Å². The Kier molecular flexibility index (Phi) is 3.70. The van der Waals surface area contributed by atoms with E-state index >= 15 is 0 Å². The number of aromatic nitrogens is 1. The summed E-state index contributed by atoms with van der Waals surface area (Å²) >= 11 is 0. The molecule has 0 spiro atoms. The van der Waals surface area contributed by atoms with Crippen LogP contribution in [0.25, 0.3) is 0 Å². The summed E-state index contributed by atoms with van der Waals surface area (Å²) in [6.45, 7) is 5.05. The van der Waals surface area contributed by atoms with Gasteiger partial charge in [0.05, 0.1) is 5.69 Å². The molecule has 2 heterocycles. The highest BCUT2D eigenvalue weighted by Crippen LogP contribution is 2.29. The van der Waals surface area contributed by atoms with E-state index in [1.54, 1.807) is 6.07 Å². The van der Waals surface area contributed by atoms with Crippen LogP contribution in [0, 0.1) is 0 Å². The van der Waals surface area contributed by atoms with Crippen LogP contribution in [0.1, 0.15) is 43.1 Å². The van der Waals surface area contributed by atoms with Crippen LogP contribution in [0.3, 0.4) is 0 Å². The number of hydrogen-bond acceptors (Lipinski definition) is 3. The van der Waals surface area contributed by atoms with Crippen molar-refractivity contribution in [3.8, 4) is 0 Å². The Morgan fingerprint density at radius 1 is 1.45 bits per heavy atom. The first kappa shape index (κ1) is 13.5. The minimum absolute atomic E-state index is 0.0118. The zero-order valence-corrected chi connectivity index (χ0v) is 12.1. The summed E-state index contributed by atoms with van der Waals surface area (Å²) in [6.07, 6.45) is 6.57. The molecule has 0 radical (unpaired) electrons. The van der Waals surface area contributed by atoms with Crippen LogP contribution < -0.4 is 11.1 Å². The van der Waals surface area contributed by atoms with E-state index in [9.17, 15) is 4.79 Å². The summed E-state index contributed by atoms with van der Waals surface area (Å²) in [7, 11) is 0. The first-order chi connectivity index (χ1) is 9.67. The SMILES string of the molecule is CCCn1cc(N)cc1C(=O)NC1CCN(C2CC2)C1. The third-order valence-electron chi connectivity index (χ3n) is 4.23. The molecule has 1 saturated heterocycles. The highest BCUT2D eigenvalue weighted by molar-refractivity contribution is 5.94. The number of nitrogens with one attached hydrogen (secondary N) is 1. The van der Waals surface area contributed by atoms with E-state index in [0.717, 1.165) is 38.5 Å². The number of anilines is 1. The Morgan fingerprint density at radius 2 is 2.25 bits per heavy atom. The highest BCUT2D eigenvalue weighted by Gasteiger charge is 2.35. The molecule has 1 aliphatic heterocycles. The van der Waals surface area contributed by atoms with Gasteiger partial charge in [0.2, 0.25) is 0 Å². The maximum absolute atomic E-state index is 12.4. The van der Waals surface area contributed by atoms with Crippen LogP contribution in [-0.4, -0.2) is 40.5 Å². The van der Waals surface area contributed by atoms with E-state index in [1.807, 2.05) is 10.8 Å². The molecule has 2 aliphatic rings. The van der Waals surface area contributed by atoms with Crippen molar-refractivity contribution in [1.82, 2.24) is 14.8 Å². The van der Waals surface area contributed by atoms with Gasteiger partial charge in [0.25, 0.3) is 5.91 Å². The van der Waals surface area contributed by atoms with Crippen molar-refractivity contribution in [2.45, 2.75) is 51.2 Å². The number of amides is 1. The Morgan fingerprint density at radius 3 is 2.95 bits per heavy atom. The van der Waals surface area contributed by atoms with Gasteiger partial charge in [-0.1, -0.05) is 6.92 Å². The van der Waals surface area contributed by atoms with Gasteiger partial charge in [0.15, 0.2) is 0 Å². The van der Waals surface area contributed by atoms with Gasteiger partial charge in [0.1, 0.15) is 5.69 Å². The summed E-state index contributed by atoms with van der Waals surface area (Å²) in [5, 5.41) is 3.16. The normalized spacial score (nSPS) is 23.1. The minimum Gasteiger partial charge on any atom is -0.397 e. The standard InChI is InChI=1S/C15H24N4O/c1-2-6-19-9-11(16)8-14(19)15(20)17-12-5-7-18(10-12)13-3-4-13/h8-9,12-13H,2-7,10,16H2,1H3,(H,17,20). The quantitative estimate of drug-likeness (QED) is 0.855. The summed E-state index contributed by atoms with van der Waals surface area (Å²) in [5.74, 6) is 0.0118. The van der Waals surface area contributed by atoms with Crippen molar-refractivity contribution in [2.75, 3.05) is 18.8 Å². The molecule has 0 bridgehead atoms. The molecule has 1 aromatic heterocycles. The molecule has 3 rings (SSSR count). The van der Waals surface area contributed by atoms with Crippen molar-refractivity contribution < 1.29 is 4.79 Å². The second-order valence-corrected chi connectivity index (χ2v) is 6.04. The maximum Gasteiger partial charge on any atom is 0.268 e. The van der Waals surface area contributed by atoms with Gasteiger partial charge in [-0.2, -0.15) is 0 Å². The number of nitrogen functional groups attached to an aromatic ring is 1. The molecule has 3 N–H and O–H groups in total. The van der Waals surface area contributed by atoms with E-state index in [1.165, 1.54) is 12.8 Å². The van der Waals surface area contributed by atoms with Crippen LogP contribution >= 0.6 is 0 Å². The van der Waals surface area contributed by atoms with Gasteiger partial charge >= 0.3 is 0 Å². The lowest BCUT2D eigenvalue weighted by Crippen LogP contribution is -2.38. The molecule has 1 atom stereocenters. The van der Waals surface area contributed by atoms with Crippen molar-refractivity contribution in [3.63, 3.8) is 0 Å². The predicted octanol–water partition coefficient (Wildman–Crippen LogP) is 1.45. The van der Waals surface area contributed by atoms with E-state index in [0.29, 0.717) is 11.4 Å². The topological polar surface area (TPSA) is 63.3 Å². The van der Waals surface area contributed by atoms with Crippen molar-refractivity contribution in [3.05, 3.63) is 18.0 Å². The first-order valence-corrected chi connectivity index (χ1v) is 7.68. The summed E-state index contributed by atoms with van der Waals surface area (Å²) in [5.41, 5.74) is 7.17. The number of nitrogens with zero attached hydrogens (tertiary/aromatic N) is 2. The number of nitrogens with two attached hydrogens (primary N) is 1. The minimum atomic E-state index is 0.0118.